The number of carboxylic acid groups (broad SMARTS) is 1. The first-order chi connectivity index (χ1) is 9.41. The molecule has 1 aromatic rings. The molecule has 0 aromatic heterocycles. The summed E-state index contributed by atoms with van der Waals surface area (Å²) in [5.74, 6) is -0.821. The van der Waals surface area contributed by atoms with Crippen molar-refractivity contribution in [2.24, 2.45) is 0 Å². The molecule has 0 saturated heterocycles. The van der Waals surface area contributed by atoms with Crippen molar-refractivity contribution >= 4 is 40.5 Å². The third-order valence-corrected chi connectivity index (χ3v) is 3.34. The van der Waals surface area contributed by atoms with Crippen LogP contribution >= 0.6 is 23.2 Å². The SMILES string of the molecule is O=C(O)CCCCCNc1cc(Cl)c(Cl)cc1[N+](=O)[O-]. The van der Waals surface area contributed by atoms with Crippen molar-refractivity contribution in [3.8, 4) is 0 Å². The van der Waals surface area contributed by atoms with Gasteiger partial charge >= 0.3 is 5.97 Å². The van der Waals surface area contributed by atoms with E-state index in [-0.39, 0.29) is 22.2 Å². The van der Waals surface area contributed by atoms with E-state index in [1.165, 1.54) is 12.1 Å². The summed E-state index contributed by atoms with van der Waals surface area (Å²) < 4.78 is 0. The number of nitrogens with one attached hydrogen (secondary N) is 1. The normalized spacial score (nSPS) is 10.3. The van der Waals surface area contributed by atoms with Gasteiger partial charge in [-0.05, 0) is 18.9 Å². The largest absolute Gasteiger partial charge is 0.481 e. The smallest absolute Gasteiger partial charge is 0.303 e. The minimum absolute atomic E-state index is 0.130. The van der Waals surface area contributed by atoms with E-state index < -0.39 is 10.9 Å². The van der Waals surface area contributed by atoms with Crippen molar-refractivity contribution in [2.45, 2.75) is 25.7 Å². The second-order valence-electron chi connectivity index (χ2n) is 4.17. The molecule has 0 aliphatic rings. The number of halogens is 2. The summed E-state index contributed by atoms with van der Waals surface area (Å²) in [7, 11) is 0. The summed E-state index contributed by atoms with van der Waals surface area (Å²) in [6.45, 7) is 0.498. The first-order valence-corrected chi connectivity index (χ1v) is 6.76. The Hall–Kier alpha value is -1.53. The van der Waals surface area contributed by atoms with Gasteiger partial charge in [-0.15, -0.1) is 0 Å². The zero-order valence-electron chi connectivity index (χ0n) is 10.6. The molecule has 6 nitrogen and oxygen atoms in total. The van der Waals surface area contributed by atoms with Crippen LogP contribution in [0, 0.1) is 10.1 Å². The van der Waals surface area contributed by atoms with Crippen LogP contribution < -0.4 is 5.32 Å². The predicted molar refractivity (Wildman–Crippen MR) is 77.7 cm³/mol. The Balaban J connectivity index is 2.53. The lowest BCUT2D eigenvalue weighted by Crippen LogP contribution is -2.05. The number of hydrogen-bond donors (Lipinski definition) is 2. The summed E-state index contributed by atoms with van der Waals surface area (Å²) in [6, 6.07) is 2.62. The molecule has 0 unspecified atom stereocenters. The highest BCUT2D eigenvalue weighted by Gasteiger charge is 2.16. The van der Waals surface area contributed by atoms with E-state index in [1.54, 1.807) is 0 Å². The Labute approximate surface area is 125 Å². The molecule has 0 radical (unpaired) electrons. The molecule has 1 aromatic carbocycles. The van der Waals surface area contributed by atoms with Crippen LogP contribution in [0.25, 0.3) is 0 Å². The van der Waals surface area contributed by atoms with E-state index in [0.717, 1.165) is 6.42 Å². The van der Waals surface area contributed by atoms with Gasteiger partial charge in [0.1, 0.15) is 5.69 Å². The van der Waals surface area contributed by atoms with Crippen LogP contribution in [0.3, 0.4) is 0 Å². The highest BCUT2D eigenvalue weighted by Crippen LogP contribution is 2.33. The Morgan fingerprint density at radius 1 is 1.25 bits per heavy atom. The summed E-state index contributed by atoms with van der Waals surface area (Å²) in [5, 5.41) is 22.7. The summed E-state index contributed by atoms with van der Waals surface area (Å²) in [4.78, 5) is 20.7. The maximum atomic E-state index is 10.9. The number of nitrogens with zero attached hydrogens (tertiary/aromatic N) is 1. The molecule has 0 aliphatic carbocycles. The van der Waals surface area contributed by atoms with Gasteiger partial charge in [0.2, 0.25) is 0 Å². The summed E-state index contributed by atoms with van der Waals surface area (Å²) >= 11 is 11.6. The zero-order chi connectivity index (χ0) is 15.1. The van der Waals surface area contributed by atoms with Crippen molar-refractivity contribution < 1.29 is 14.8 Å². The van der Waals surface area contributed by atoms with Crippen molar-refractivity contribution in [2.75, 3.05) is 11.9 Å². The van der Waals surface area contributed by atoms with Gasteiger partial charge in [-0.1, -0.05) is 29.6 Å². The van der Waals surface area contributed by atoms with Crippen LogP contribution in [0.2, 0.25) is 10.0 Å². The van der Waals surface area contributed by atoms with Crippen molar-refractivity contribution in [1.82, 2.24) is 0 Å². The summed E-state index contributed by atoms with van der Waals surface area (Å²) in [5.41, 5.74) is 0.174. The van der Waals surface area contributed by atoms with Crippen LogP contribution in [0.5, 0.6) is 0 Å². The molecule has 8 heteroatoms. The number of nitro groups is 1. The molecule has 0 amide bonds. The lowest BCUT2D eigenvalue weighted by atomic mass is 10.2. The standard InChI is InChI=1S/C12H14Cl2N2O4/c13-8-6-10(11(16(19)20)7-9(8)14)15-5-3-1-2-4-12(17)18/h6-7,15H,1-5H2,(H,17,18). The fourth-order valence-corrected chi connectivity index (χ4v) is 1.95. The van der Waals surface area contributed by atoms with E-state index in [4.69, 9.17) is 28.3 Å². The molecule has 2 N–H and O–H groups in total. The third-order valence-electron chi connectivity index (χ3n) is 2.62. The van der Waals surface area contributed by atoms with Crippen LogP contribution in [0.15, 0.2) is 12.1 Å². The molecule has 0 spiro atoms. The molecular weight excluding hydrogens is 307 g/mol. The molecular formula is C12H14Cl2N2O4. The number of aliphatic carboxylic acids is 1. The Bertz CT molecular complexity index is 508. The van der Waals surface area contributed by atoms with E-state index in [9.17, 15) is 14.9 Å². The van der Waals surface area contributed by atoms with Gasteiger partial charge in [-0.3, -0.25) is 14.9 Å². The lowest BCUT2D eigenvalue weighted by Gasteiger charge is -2.08. The maximum absolute atomic E-state index is 10.9. The van der Waals surface area contributed by atoms with Crippen molar-refractivity contribution in [3.05, 3.63) is 32.3 Å². The molecule has 20 heavy (non-hydrogen) atoms. The monoisotopic (exact) mass is 320 g/mol. The van der Waals surface area contributed by atoms with Crippen LogP contribution in [0.4, 0.5) is 11.4 Å². The van der Waals surface area contributed by atoms with Gasteiger partial charge in [0.15, 0.2) is 0 Å². The number of carboxylic acids is 1. The van der Waals surface area contributed by atoms with Crippen molar-refractivity contribution in [3.63, 3.8) is 0 Å². The predicted octanol–water partition coefficient (Wildman–Crippen LogP) is 3.96. The Morgan fingerprint density at radius 2 is 1.90 bits per heavy atom. The number of hydrogen-bond acceptors (Lipinski definition) is 4. The molecule has 0 aliphatic heterocycles. The van der Waals surface area contributed by atoms with Gasteiger partial charge in [0.25, 0.3) is 5.69 Å². The molecule has 0 saturated carbocycles. The Kier molecular flexibility index (Phi) is 6.54. The molecule has 1 rings (SSSR count). The lowest BCUT2D eigenvalue weighted by molar-refractivity contribution is -0.383. The van der Waals surface area contributed by atoms with E-state index in [0.29, 0.717) is 25.1 Å². The molecule has 0 fully saturated rings. The first kappa shape index (κ1) is 16.5. The Morgan fingerprint density at radius 3 is 2.50 bits per heavy atom. The minimum Gasteiger partial charge on any atom is -0.481 e. The number of anilines is 1. The maximum Gasteiger partial charge on any atom is 0.303 e. The first-order valence-electron chi connectivity index (χ1n) is 6.01. The average Bonchev–Trinajstić information content (AvgIpc) is 2.36. The fraction of sp³-hybridized carbons (Fsp3) is 0.417. The van der Waals surface area contributed by atoms with Gasteiger partial charge < -0.3 is 10.4 Å². The second kappa shape index (κ2) is 7.91. The molecule has 0 atom stereocenters. The van der Waals surface area contributed by atoms with E-state index in [2.05, 4.69) is 5.32 Å². The van der Waals surface area contributed by atoms with Gasteiger partial charge in [0.05, 0.1) is 15.0 Å². The van der Waals surface area contributed by atoms with Gasteiger partial charge in [-0.25, -0.2) is 0 Å². The van der Waals surface area contributed by atoms with Crippen LogP contribution in [-0.4, -0.2) is 22.5 Å². The number of rotatable bonds is 8. The quantitative estimate of drug-likeness (QED) is 0.429. The number of unbranched alkanes of at least 4 members (excludes halogenated alkanes) is 2. The van der Waals surface area contributed by atoms with Crippen LogP contribution in [0.1, 0.15) is 25.7 Å². The van der Waals surface area contributed by atoms with Gasteiger partial charge in [-0.2, -0.15) is 0 Å². The minimum atomic E-state index is -0.821. The fourth-order valence-electron chi connectivity index (χ4n) is 1.63. The van der Waals surface area contributed by atoms with Gasteiger partial charge in [0, 0.05) is 19.0 Å². The number of benzene rings is 1. The van der Waals surface area contributed by atoms with Crippen LogP contribution in [-0.2, 0) is 4.79 Å². The van der Waals surface area contributed by atoms with E-state index in [1.807, 2.05) is 0 Å². The molecule has 0 heterocycles. The average molecular weight is 321 g/mol. The van der Waals surface area contributed by atoms with E-state index >= 15 is 0 Å². The number of carbonyl (C=O) groups is 1. The molecule has 0 bridgehead atoms. The van der Waals surface area contributed by atoms with Crippen molar-refractivity contribution in [1.29, 1.82) is 0 Å². The zero-order valence-corrected chi connectivity index (χ0v) is 12.1. The highest BCUT2D eigenvalue weighted by atomic mass is 35.5. The molecule has 110 valence electrons. The highest BCUT2D eigenvalue weighted by molar-refractivity contribution is 6.42. The second-order valence-corrected chi connectivity index (χ2v) is 4.99. The topological polar surface area (TPSA) is 92.5 Å². The third kappa shape index (κ3) is 5.22. The number of nitro benzene ring substituents is 1. The summed E-state index contributed by atoms with van der Waals surface area (Å²) in [6.07, 6.45) is 2.16.